The molecule has 3 heteroatoms. The number of amides is 1. The summed E-state index contributed by atoms with van der Waals surface area (Å²) in [4.78, 5) is 8.78. The number of nitrogens with two attached hydrogens (primary N) is 1. The lowest BCUT2D eigenvalue weighted by atomic mass is 9.77. The Morgan fingerprint density at radius 1 is 1.14 bits per heavy atom. The zero-order chi connectivity index (χ0) is 15.7. The van der Waals surface area contributed by atoms with Gasteiger partial charge in [-0.1, -0.05) is 51.0 Å². The summed E-state index contributed by atoms with van der Waals surface area (Å²) in [6, 6.07) is 9.36. The van der Waals surface area contributed by atoms with E-state index in [1.165, 1.54) is 44.1 Å². The van der Waals surface area contributed by atoms with Crippen LogP contribution in [-0.2, 0) is 6.42 Å². The molecule has 1 amide bonds. The number of carbonyl (C=O) groups is 1. The Kier molecular flexibility index (Phi) is 7.88. The van der Waals surface area contributed by atoms with Crippen molar-refractivity contribution in [2.75, 3.05) is 0 Å². The van der Waals surface area contributed by atoms with Crippen molar-refractivity contribution in [3.8, 4) is 0 Å². The number of hydrogen-bond donors (Lipinski definition) is 2. The van der Waals surface area contributed by atoms with Crippen LogP contribution in [-0.4, -0.2) is 11.2 Å². The van der Waals surface area contributed by atoms with Gasteiger partial charge in [0.25, 0.3) is 0 Å². The van der Waals surface area contributed by atoms with Crippen LogP contribution in [0.25, 0.3) is 0 Å². The Morgan fingerprint density at radius 2 is 1.67 bits per heavy atom. The molecule has 0 atom stereocenters. The molecule has 3 N–H and O–H groups in total. The average Bonchev–Trinajstić information content (AvgIpc) is 2.48. The summed E-state index contributed by atoms with van der Waals surface area (Å²) in [7, 11) is 0. The summed E-state index contributed by atoms with van der Waals surface area (Å²) in [6.07, 6.45) is 8.36. The van der Waals surface area contributed by atoms with Crippen molar-refractivity contribution in [1.29, 1.82) is 0 Å². The molecule has 0 aliphatic heterocycles. The number of primary amides is 1. The third-order valence-electron chi connectivity index (χ3n) is 4.40. The highest BCUT2D eigenvalue weighted by molar-refractivity contribution is 5.61. The van der Waals surface area contributed by atoms with Crippen molar-refractivity contribution in [1.82, 2.24) is 0 Å². The molecule has 3 nitrogen and oxygen atoms in total. The van der Waals surface area contributed by atoms with Gasteiger partial charge in [-0.15, -0.1) is 0 Å². The van der Waals surface area contributed by atoms with E-state index >= 15 is 0 Å². The van der Waals surface area contributed by atoms with Crippen molar-refractivity contribution in [2.24, 2.45) is 11.7 Å². The van der Waals surface area contributed by atoms with Crippen molar-refractivity contribution in [3.63, 3.8) is 0 Å². The maximum absolute atomic E-state index is 8.78. The molecule has 1 saturated carbocycles. The van der Waals surface area contributed by atoms with Crippen molar-refractivity contribution >= 4 is 6.09 Å². The number of hydrogen-bond acceptors (Lipinski definition) is 1. The van der Waals surface area contributed by atoms with Crippen molar-refractivity contribution < 1.29 is 9.90 Å². The number of rotatable bonds is 4. The minimum absolute atomic E-state index is 0.842. The molecule has 1 aromatic rings. The van der Waals surface area contributed by atoms with Gasteiger partial charge in [0.2, 0.25) is 0 Å². The summed E-state index contributed by atoms with van der Waals surface area (Å²) in [5.74, 6) is 1.86. The predicted molar refractivity (Wildman–Crippen MR) is 87.6 cm³/mol. The fourth-order valence-electron chi connectivity index (χ4n) is 3.22. The molecule has 0 unspecified atom stereocenters. The van der Waals surface area contributed by atoms with E-state index < -0.39 is 6.09 Å². The molecule has 0 spiro atoms. The number of aryl methyl sites for hydroxylation is 1. The first kappa shape index (κ1) is 17.5. The van der Waals surface area contributed by atoms with Gasteiger partial charge in [-0.2, -0.15) is 0 Å². The second-order valence-electron chi connectivity index (χ2n) is 5.94. The highest BCUT2D eigenvalue weighted by Gasteiger charge is 2.21. The Morgan fingerprint density at radius 3 is 2.10 bits per heavy atom. The summed E-state index contributed by atoms with van der Waals surface area (Å²) < 4.78 is 0. The van der Waals surface area contributed by atoms with E-state index in [2.05, 4.69) is 43.8 Å². The molecule has 1 aromatic carbocycles. The number of benzene rings is 1. The molecule has 1 aliphatic carbocycles. The molecule has 0 bridgehead atoms. The first-order valence-corrected chi connectivity index (χ1v) is 8.14. The van der Waals surface area contributed by atoms with Crippen LogP contribution in [0.2, 0.25) is 0 Å². The SMILES string of the molecule is CCCC1CCC(c2ccc(CC)cc2)CC1.NC(=O)O. The van der Waals surface area contributed by atoms with E-state index in [1.807, 2.05) is 0 Å². The molecule has 21 heavy (non-hydrogen) atoms. The minimum atomic E-state index is -1.33. The minimum Gasteiger partial charge on any atom is -0.465 e. The Bertz CT molecular complexity index is 402. The van der Waals surface area contributed by atoms with Crippen molar-refractivity contribution in [3.05, 3.63) is 35.4 Å². The summed E-state index contributed by atoms with van der Waals surface area (Å²) in [6.45, 7) is 4.54. The van der Waals surface area contributed by atoms with Gasteiger partial charge in [-0.05, 0) is 55.1 Å². The van der Waals surface area contributed by atoms with Crippen molar-refractivity contribution in [2.45, 2.75) is 64.7 Å². The van der Waals surface area contributed by atoms with E-state index in [1.54, 1.807) is 5.56 Å². The highest BCUT2D eigenvalue weighted by Crippen LogP contribution is 2.37. The van der Waals surface area contributed by atoms with Crippen LogP contribution in [0.4, 0.5) is 4.79 Å². The lowest BCUT2D eigenvalue weighted by molar-refractivity contribution is 0.205. The Balaban J connectivity index is 0.000000491. The smallest absolute Gasteiger partial charge is 0.402 e. The summed E-state index contributed by atoms with van der Waals surface area (Å²) in [5, 5.41) is 7.19. The van der Waals surface area contributed by atoms with Crippen LogP contribution < -0.4 is 5.73 Å². The second kappa shape index (κ2) is 9.43. The standard InChI is InChI=1S/C17H26.CH3NO2/c1-3-5-15-8-12-17(13-9-15)16-10-6-14(4-2)7-11-16;2-1(3)4/h6-7,10-11,15,17H,3-5,8-9,12-13H2,1-2H3;2H2,(H,3,4). The third kappa shape index (κ3) is 6.65. The zero-order valence-corrected chi connectivity index (χ0v) is 13.3. The summed E-state index contributed by atoms with van der Waals surface area (Å²) >= 11 is 0. The maximum atomic E-state index is 8.78. The largest absolute Gasteiger partial charge is 0.465 e. The maximum Gasteiger partial charge on any atom is 0.402 e. The summed E-state index contributed by atoms with van der Waals surface area (Å²) in [5.41, 5.74) is 7.07. The van der Waals surface area contributed by atoms with E-state index in [0.29, 0.717) is 0 Å². The van der Waals surface area contributed by atoms with Crippen LogP contribution in [0.1, 0.15) is 69.4 Å². The van der Waals surface area contributed by atoms with Crippen LogP contribution in [0.5, 0.6) is 0 Å². The third-order valence-corrected chi connectivity index (χ3v) is 4.40. The van der Waals surface area contributed by atoms with Gasteiger partial charge in [0.15, 0.2) is 0 Å². The molecule has 0 saturated heterocycles. The lowest BCUT2D eigenvalue weighted by Gasteiger charge is -2.28. The van der Waals surface area contributed by atoms with Crippen LogP contribution in [0, 0.1) is 5.92 Å². The monoisotopic (exact) mass is 291 g/mol. The first-order chi connectivity index (χ1) is 10.1. The fourth-order valence-corrected chi connectivity index (χ4v) is 3.22. The molecule has 118 valence electrons. The van der Waals surface area contributed by atoms with E-state index in [0.717, 1.165) is 18.3 Å². The number of carboxylic acid groups (broad SMARTS) is 1. The topological polar surface area (TPSA) is 63.3 Å². The van der Waals surface area contributed by atoms with Gasteiger partial charge < -0.3 is 10.8 Å². The van der Waals surface area contributed by atoms with Gasteiger partial charge in [-0.25, -0.2) is 4.79 Å². The van der Waals surface area contributed by atoms with Gasteiger partial charge >= 0.3 is 6.09 Å². The van der Waals surface area contributed by atoms with Gasteiger partial charge in [-0.3, -0.25) is 0 Å². The van der Waals surface area contributed by atoms with E-state index in [9.17, 15) is 0 Å². The first-order valence-electron chi connectivity index (χ1n) is 8.14. The quantitative estimate of drug-likeness (QED) is 0.824. The fraction of sp³-hybridized carbons (Fsp3) is 0.611. The van der Waals surface area contributed by atoms with Crippen LogP contribution >= 0.6 is 0 Å². The molecule has 2 rings (SSSR count). The Labute approximate surface area is 128 Å². The molecular weight excluding hydrogens is 262 g/mol. The average molecular weight is 291 g/mol. The van der Waals surface area contributed by atoms with Crippen LogP contribution in [0.3, 0.4) is 0 Å². The van der Waals surface area contributed by atoms with E-state index in [4.69, 9.17) is 9.90 Å². The highest BCUT2D eigenvalue weighted by atomic mass is 16.4. The van der Waals surface area contributed by atoms with Gasteiger partial charge in [0.1, 0.15) is 0 Å². The second-order valence-corrected chi connectivity index (χ2v) is 5.94. The van der Waals surface area contributed by atoms with Gasteiger partial charge in [0, 0.05) is 0 Å². The molecule has 1 aliphatic rings. The van der Waals surface area contributed by atoms with Gasteiger partial charge in [0.05, 0.1) is 0 Å². The lowest BCUT2D eigenvalue weighted by Crippen LogP contribution is -2.13. The Hall–Kier alpha value is -1.51. The molecule has 0 radical (unpaired) electrons. The van der Waals surface area contributed by atoms with Crippen LogP contribution in [0.15, 0.2) is 24.3 Å². The normalized spacial score (nSPS) is 21.2. The molecule has 1 fully saturated rings. The van der Waals surface area contributed by atoms with E-state index in [-0.39, 0.29) is 0 Å². The molecule has 0 heterocycles. The predicted octanol–water partition coefficient (Wildman–Crippen LogP) is 4.95. The zero-order valence-electron chi connectivity index (χ0n) is 13.3. The molecular formula is C18H29NO2. The molecule has 0 aromatic heterocycles.